The van der Waals surface area contributed by atoms with Crippen LogP contribution in [0.1, 0.15) is 19.8 Å². The van der Waals surface area contributed by atoms with E-state index < -0.39 is 0 Å². The average Bonchev–Trinajstić information content (AvgIpc) is 2.38. The van der Waals surface area contributed by atoms with E-state index in [0.29, 0.717) is 0 Å². The summed E-state index contributed by atoms with van der Waals surface area (Å²) in [5.41, 5.74) is 6.38. The molecule has 2 heterocycles. The molecule has 0 radical (unpaired) electrons. The van der Waals surface area contributed by atoms with Gasteiger partial charge in [0.2, 0.25) is 0 Å². The van der Waals surface area contributed by atoms with Crippen LogP contribution in [0.2, 0.25) is 0 Å². The molecule has 1 aliphatic rings. The van der Waals surface area contributed by atoms with Gasteiger partial charge in [-0.25, -0.2) is 4.98 Å². The summed E-state index contributed by atoms with van der Waals surface area (Å²) in [7, 11) is 0. The van der Waals surface area contributed by atoms with Gasteiger partial charge >= 0.3 is 0 Å². The number of aromatic nitrogens is 1. The van der Waals surface area contributed by atoms with E-state index in [1.54, 1.807) is 6.20 Å². The molecule has 1 aromatic heterocycles. The van der Waals surface area contributed by atoms with Crippen molar-refractivity contribution in [2.45, 2.75) is 19.8 Å². The van der Waals surface area contributed by atoms with Crippen molar-refractivity contribution >= 4 is 11.5 Å². The molecule has 1 fully saturated rings. The molecular formula is C13H22N4. The molecule has 2 rings (SSSR count). The van der Waals surface area contributed by atoms with E-state index in [1.165, 1.54) is 19.4 Å². The molecule has 4 heteroatoms. The Kier molecular flexibility index (Phi) is 4.20. The highest BCUT2D eigenvalue weighted by Gasteiger charge is 2.16. The van der Waals surface area contributed by atoms with Gasteiger partial charge in [0.05, 0.1) is 11.9 Å². The number of nitrogens with two attached hydrogens (primary N) is 1. The van der Waals surface area contributed by atoms with Crippen molar-refractivity contribution in [2.75, 3.05) is 43.4 Å². The number of anilines is 2. The van der Waals surface area contributed by atoms with Crippen LogP contribution in [0.25, 0.3) is 0 Å². The number of piperazine rings is 1. The van der Waals surface area contributed by atoms with Crippen LogP contribution >= 0.6 is 0 Å². The Morgan fingerprint density at radius 1 is 1.24 bits per heavy atom. The fourth-order valence-corrected chi connectivity index (χ4v) is 2.17. The molecule has 0 spiro atoms. The molecule has 0 amide bonds. The summed E-state index contributed by atoms with van der Waals surface area (Å²) in [6.07, 6.45) is 4.32. The van der Waals surface area contributed by atoms with Crippen molar-refractivity contribution in [3.05, 3.63) is 18.3 Å². The molecule has 0 unspecified atom stereocenters. The Labute approximate surface area is 103 Å². The Hall–Kier alpha value is -1.29. The molecule has 1 aliphatic heterocycles. The van der Waals surface area contributed by atoms with E-state index in [1.807, 2.05) is 12.1 Å². The zero-order valence-electron chi connectivity index (χ0n) is 10.6. The minimum Gasteiger partial charge on any atom is -0.397 e. The fourth-order valence-electron chi connectivity index (χ4n) is 2.17. The molecule has 4 nitrogen and oxygen atoms in total. The van der Waals surface area contributed by atoms with Gasteiger partial charge < -0.3 is 10.6 Å². The number of hydrogen-bond donors (Lipinski definition) is 1. The van der Waals surface area contributed by atoms with Gasteiger partial charge in [0.15, 0.2) is 0 Å². The van der Waals surface area contributed by atoms with Crippen LogP contribution in [-0.2, 0) is 0 Å². The van der Waals surface area contributed by atoms with Crippen LogP contribution in [-0.4, -0.2) is 42.6 Å². The second-order valence-corrected chi connectivity index (χ2v) is 4.63. The molecule has 2 N–H and O–H groups in total. The lowest BCUT2D eigenvalue weighted by Gasteiger charge is -2.35. The zero-order chi connectivity index (χ0) is 12.1. The quantitative estimate of drug-likeness (QED) is 0.859. The van der Waals surface area contributed by atoms with Crippen molar-refractivity contribution in [3.8, 4) is 0 Å². The third-order valence-electron chi connectivity index (χ3n) is 3.29. The first-order chi connectivity index (χ1) is 8.29. The molecule has 17 heavy (non-hydrogen) atoms. The average molecular weight is 234 g/mol. The smallest absolute Gasteiger partial charge is 0.128 e. The van der Waals surface area contributed by atoms with E-state index in [9.17, 15) is 0 Å². The van der Waals surface area contributed by atoms with Gasteiger partial charge in [0.25, 0.3) is 0 Å². The van der Waals surface area contributed by atoms with Crippen LogP contribution in [0.5, 0.6) is 0 Å². The van der Waals surface area contributed by atoms with Crippen LogP contribution in [0.4, 0.5) is 11.5 Å². The van der Waals surface area contributed by atoms with Gasteiger partial charge in [0.1, 0.15) is 5.82 Å². The summed E-state index contributed by atoms with van der Waals surface area (Å²) < 4.78 is 0. The van der Waals surface area contributed by atoms with E-state index in [-0.39, 0.29) is 0 Å². The fraction of sp³-hybridized carbons (Fsp3) is 0.615. The van der Waals surface area contributed by atoms with Gasteiger partial charge in [-0.15, -0.1) is 0 Å². The molecule has 0 atom stereocenters. The largest absolute Gasteiger partial charge is 0.397 e. The van der Waals surface area contributed by atoms with Crippen molar-refractivity contribution in [2.24, 2.45) is 0 Å². The standard InChI is InChI=1S/C13H22N4/c1-2-3-6-16-7-9-17(10-8-16)13-5-4-12(14)11-15-13/h4-5,11H,2-3,6-10,14H2,1H3. The predicted molar refractivity (Wildman–Crippen MR) is 72.2 cm³/mol. The second kappa shape index (κ2) is 5.87. The first-order valence-corrected chi connectivity index (χ1v) is 6.48. The minimum atomic E-state index is 0.732. The zero-order valence-corrected chi connectivity index (χ0v) is 10.6. The Morgan fingerprint density at radius 3 is 2.59 bits per heavy atom. The lowest BCUT2D eigenvalue weighted by atomic mass is 10.2. The molecule has 1 aromatic rings. The number of hydrogen-bond acceptors (Lipinski definition) is 4. The molecule has 1 saturated heterocycles. The van der Waals surface area contributed by atoms with Gasteiger partial charge in [0, 0.05) is 26.2 Å². The highest BCUT2D eigenvalue weighted by molar-refractivity contribution is 5.46. The van der Waals surface area contributed by atoms with E-state index in [4.69, 9.17) is 5.73 Å². The molecule has 0 saturated carbocycles. The van der Waals surface area contributed by atoms with Crippen LogP contribution in [0.3, 0.4) is 0 Å². The van der Waals surface area contributed by atoms with Gasteiger partial charge in [-0.3, -0.25) is 4.90 Å². The Bertz CT molecular complexity index is 328. The number of pyridine rings is 1. The lowest BCUT2D eigenvalue weighted by Crippen LogP contribution is -2.46. The summed E-state index contributed by atoms with van der Waals surface area (Å²) >= 11 is 0. The lowest BCUT2D eigenvalue weighted by molar-refractivity contribution is 0.253. The van der Waals surface area contributed by atoms with Crippen LogP contribution < -0.4 is 10.6 Å². The van der Waals surface area contributed by atoms with E-state index in [0.717, 1.165) is 37.7 Å². The molecule has 0 aliphatic carbocycles. The maximum Gasteiger partial charge on any atom is 0.128 e. The number of nitrogen functional groups attached to an aromatic ring is 1. The molecule has 0 bridgehead atoms. The van der Waals surface area contributed by atoms with Crippen LogP contribution in [0, 0.1) is 0 Å². The highest BCUT2D eigenvalue weighted by Crippen LogP contribution is 2.14. The highest BCUT2D eigenvalue weighted by atomic mass is 15.3. The third-order valence-corrected chi connectivity index (χ3v) is 3.29. The van der Waals surface area contributed by atoms with Crippen molar-refractivity contribution < 1.29 is 0 Å². The first-order valence-electron chi connectivity index (χ1n) is 6.48. The summed E-state index contributed by atoms with van der Waals surface area (Å²) in [5.74, 6) is 1.05. The van der Waals surface area contributed by atoms with Gasteiger partial charge in [-0.1, -0.05) is 13.3 Å². The number of rotatable bonds is 4. The Morgan fingerprint density at radius 2 is 2.00 bits per heavy atom. The molecule has 0 aromatic carbocycles. The van der Waals surface area contributed by atoms with Gasteiger partial charge in [-0.05, 0) is 25.1 Å². The summed E-state index contributed by atoms with van der Waals surface area (Å²) in [6, 6.07) is 3.93. The normalized spacial score (nSPS) is 17.4. The van der Waals surface area contributed by atoms with Crippen molar-refractivity contribution in [3.63, 3.8) is 0 Å². The summed E-state index contributed by atoms with van der Waals surface area (Å²) in [4.78, 5) is 9.25. The summed E-state index contributed by atoms with van der Waals surface area (Å²) in [5, 5.41) is 0. The minimum absolute atomic E-state index is 0.732. The predicted octanol–water partition coefficient (Wildman–Crippen LogP) is 1.59. The topological polar surface area (TPSA) is 45.4 Å². The van der Waals surface area contributed by atoms with E-state index >= 15 is 0 Å². The van der Waals surface area contributed by atoms with Crippen molar-refractivity contribution in [1.29, 1.82) is 0 Å². The maximum atomic E-state index is 5.64. The van der Waals surface area contributed by atoms with Crippen LogP contribution in [0.15, 0.2) is 18.3 Å². The molecule has 94 valence electrons. The first kappa shape index (κ1) is 12.2. The van der Waals surface area contributed by atoms with E-state index in [2.05, 4.69) is 21.7 Å². The monoisotopic (exact) mass is 234 g/mol. The third kappa shape index (κ3) is 3.33. The van der Waals surface area contributed by atoms with Crippen molar-refractivity contribution in [1.82, 2.24) is 9.88 Å². The Balaban J connectivity index is 1.84. The maximum absolute atomic E-state index is 5.64. The molecular weight excluding hydrogens is 212 g/mol. The number of unbranched alkanes of at least 4 members (excludes halogenated alkanes) is 1. The summed E-state index contributed by atoms with van der Waals surface area (Å²) in [6.45, 7) is 7.91. The SMILES string of the molecule is CCCCN1CCN(c2ccc(N)cn2)CC1. The van der Waals surface area contributed by atoms with Gasteiger partial charge in [-0.2, -0.15) is 0 Å². The number of nitrogens with zero attached hydrogens (tertiary/aromatic N) is 3. The second-order valence-electron chi connectivity index (χ2n) is 4.63.